The molecule has 0 saturated carbocycles. The molecule has 0 aromatic carbocycles. The van der Waals surface area contributed by atoms with Crippen LogP contribution in [0.2, 0.25) is 0 Å². The molecule has 1 aliphatic heterocycles. The molecule has 1 saturated heterocycles. The maximum absolute atomic E-state index is 12.2. The Morgan fingerprint density at radius 3 is 2.47 bits per heavy atom. The van der Waals surface area contributed by atoms with E-state index in [0.717, 1.165) is 19.4 Å². The van der Waals surface area contributed by atoms with Crippen molar-refractivity contribution in [2.45, 2.75) is 59.2 Å². The van der Waals surface area contributed by atoms with Crippen LogP contribution in [0, 0.1) is 5.92 Å². The van der Waals surface area contributed by atoms with E-state index in [1.165, 1.54) is 0 Å². The van der Waals surface area contributed by atoms with Crippen molar-refractivity contribution in [2.75, 3.05) is 6.54 Å². The van der Waals surface area contributed by atoms with Crippen LogP contribution in [0.5, 0.6) is 0 Å². The van der Waals surface area contributed by atoms with Gasteiger partial charge in [-0.05, 0) is 25.7 Å². The van der Waals surface area contributed by atoms with E-state index in [0.29, 0.717) is 5.92 Å². The van der Waals surface area contributed by atoms with Crippen molar-refractivity contribution >= 4 is 5.91 Å². The Labute approximate surface area is 93.2 Å². The van der Waals surface area contributed by atoms with Crippen LogP contribution < -0.4 is 5.32 Å². The summed E-state index contributed by atoms with van der Waals surface area (Å²) in [7, 11) is 0. The molecule has 1 amide bonds. The highest BCUT2D eigenvalue weighted by Crippen LogP contribution is 2.25. The van der Waals surface area contributed by atoms with Crippen molar-refractivity contribution in [3.8, 4) is 0 Å². The average Bonchev–Trinajstić information content (AvgIpc) is 2.43. The average molecular weight is 212 g/mol. The molecule has 3 heteroatoms. The van der Waals surface area contributed by atoms with E-state index in [1.54, 1.807) is 0 Å². The van der Waals surface area contributed by atoms with Gasteiger partial charge in [0, 0.05) is 6.54 Å². The zero-order valence-corrected chi connectivity index (χ0v) is 10.6. The normalized spacial score (nSPS) is 31.7. The fourth-order valence-corrected chi connectivity index (χ4v) is 2.15. The van der Waals surface area contributed by atoms with Gasteiger partial charge < -0.3 is 4.90 Å². The number of carbonyl (C=O) groups excluding carboxylic acids is 1. The summed E-state index contributed by atoms with van der Waals surface area (Å²) in [6.07, 6.45) is 2.06. The van der Waals surface area contributed by atoms with Gasteiger partial charge in [-0.1, -0.05) is 27.7 Å². The molecule has 0 aromatic rings. The fourth-order valence-electron chi connectivity index (χ4n) is 2.15. The van der Waals surface area contributed by atoms with Crippen molar-refractivity contribution < 1.29 is 4.79 Å². The summed E-state index contributed by atoms with van der Waals surface area (Å²) < 4.78 is 0. The Balaban J connectivity index is 2.81. The smallest absolute Gasteiger partial charge is 0.243 e. The van der Waals surface area contributed by atoms with Gasteiger partial charge in [0.25, 0.3) is 0 Å². The zero-order valence-electron chi connectivity index (χ0n) is 10.6. The van der Waals surface area contributed by atoms with Crippen LogP contribution >= 0.6 is 0 Å². The number of amides is 1. The molecule has 15 heavy (non-hydrogen) atoms. The van der Waals surface area contributed by atoms with Gasteiger partial charge in [0.1, 0.15) is 0 Å². The van der Waals surface area contributed by atoms with E-state index in [9.17, 15) is 4.79 Å². The summed E-state index contributed by atoms with van der Waals surface area (Å²) in [5, 5.41) is 3.45. The van der Waals surface area contributed by atoms with Crippen LogP contribution in [0.1, 0.15) is 47.5 Å². The van der Waals surface area contributed by atoms with Gasteiger partial charge in [0.05, 0.1) is 11.7 Å². The second-order valence-electron chi connectivity index (χ2n) is 5.11. The first kappa shape index (κ1) is 12.5. The van der Waals surface area contributed by atoms with E-state index in [1.807, 2.05) is 11.8 Å². The van der Waals surface area contributed by atoms with Crippen molar-refractivity contribution in [2.24, 2.45) is 5.92 Å². The molecular formula is C12H24N2O. The highest BCUT2D eigenvalue weighted by Gasteiger charge is 2.45. The molecule has 3 nitrogen and oxygen atoms in total. The number of nitrogens with zero attached hydrogens (tertiary/aromatic N) is 1. The molecule has 2 unspecified atom stereocenters. The maximum atomic E-state index is 12.2. The molecule has 0 aromatic heterocycles. The number of hydrogen-bond donors (Lipinski definition) is 1. The first-order valence-electron chi connectivity index (χ1n) is 6.03. The van der Waals surface area contributed by atoms with E-state index < -0.39 is 0 Å². The second kappa shape index (κ2) is 4.52. The zero-order chi connectivity index (χ0) is 11.6. The summed E-state index contributed by atoms with van der Waals surface area (Å²) in [6, 6.07) is 0. The molecule has 1 aliphatic rings. The third kappa shape index (κ3) is 2.33. The summed E-state index contributed by atoms with van der Waals surface area (Å²) >= 11 is 0. The molecule has 2 atom stereocenters. The van der Waals surface area contributed by atoms with Crippen LogP contribution in [-0.4, -0.2) is 29.1 Å². The quantitative estimate of drug-likeness (QED) is 0.773. The third-order valence-corrected chi connectivity index (χ3v) is 3.25. The largest absolute Gasteiger partial charge is 0.325 e. The van der Waals surface area contributed by atoms with Gasteiger partial charge in [-0.15, -0.1) is 0 Å². The Kier molecular flexibility index (Phi) is 3.77. The van der Waals surface area contributed by atoms with Crippen molar-refractivity contribution in [3.05, 3.63) is 0 Å². The van der Waals surface area contributed by atoms with Crippen molar-refractivity contribution in [3.63, 3.8) is 0 Å². The lowest BCUT2D eigenvalue weighted by Crippen LogP contribution is -2.43. The minimum Gasteiger partial charge on any atom is -0.325 e. The van der Waals surface area contributed by atoms with Crippen LogP contribution in [-0.2, 0) is 4.79 Å². The van der Waals surface area contributed by atoms with Gasteiger partial charge >= 0.3 is 0 Å². The molecule has 0 bridgehead atoms. The highest BCUT2D eigenvalue weighted by atomic mass is 16.2. The standard InChI is InChI=1S/C12H24N2O/c1-6-10-13-12(5,7-2)11(15)14(10)8-9(3)4/h9-10,13H,6-8H2,1-5H3. The summed E-state index contributed by atoms with van der Waals surface area (Å²) in [5.74, 6) is 0.801. The van der Waals surface area contributed by atoms with Gasteiger partial charge in [-0.25, -0.2) is 0 Å². The lowest BCUT2D eigenvalue weighted by Gasteiger charge is -2.25. The maximum Gasteiger partial charge on any atom is 0.243 e. The van der Waals surface area contributed by atoms with Gasteiger partial charge in [-0.2, -0.15) is 0 Å². The third-order valence-electron chi connectivity index (χ3n) is 3.25. The Hall–Kier alpha value is -0.570. The van der Waals surface area contributed by atoms with Crippen LogP contribution in [0.15, 0.2) is 0 Å². The molecule has 1 N–H and O–H groups in total. The highest BCUT2D eigenvalue weighted by molar-refractivity contribution is 5.88. The minimum absolute atomic E-state index is 0.227. The second-order valence-corrected chi connectivity index (χ2v) is 5.11. The molecule has 88 valence electrons. The van der Waals surface area contributed by atoms with Gasteiger partial charge in [0.2, 0.25) is 5.91 Å². The first-order chi connectivity index (χ1) is 6.94. The SMILES string of the molecule is CCC1NC(C)(CC)C(=O)N1CC(C)C. The lowest BCUT2D eigenvalue weighted by molar-refractivity contribution is -0.133. The molecule has 1 rings (SSSR count). The topological polar surface area (TPSA) is 32.3 Å². The van der Waals surface area contributed by atoms with E-state index >= 15 is 0 Å². The van der Waals surface area contributed by atoms with Crippen LogP contribution in [0.3, 0.4) is 0 Å². The lowest BCUT2D eigenvalue weighted by atomic mass is 9.99. The van der Waals surface area contributed by atoms with Crippen LogP contribution in [0.25, 0.3) is 0 Å². The fraction of sp³-hybridized carbons (Fsp3) is 0.917. The molecule has 0 spiro atoms. The number of rotatable bonds is 4. The van der Waals surface area contributed by atoms with Gasteiger partial charge in [0.15, 0.2) is 0 Å². The van der Waals surface area contributed by atoms with Crippen LogP contribution in [0.4, 0.5) is 0 Å². The van der Waals surface area contributed by atoms with E-state index in [-0.39, 0.29) is 17.6 Å². The molecule has 0 aliphatic carbocycles. The number of carbonyl (C=O) groups is 1. The van der Waals surface area contributed by atoms with Crippen molar-refractivity contribution in [1.82, 2.24) is 10.2 Å². The predicted molar refractivity (Wildman–Crippen MR) is 62.5 cm³/mol. The molecule has 0 radical (unpaired) electrons. The Morgan fingerprint density at radius 1 is 1.47 bits per heavy atom. The number of nitrogens with one attached hydrogen (secondary N) is 1. The minimum atomic E-state index is -0.338. The van der Waals surface area contributed by atoms with Gasteiger partial charge in [-0.3, -0.25) is 10.1 Å². The first-order valence-corrected chi connectivity index (χ1v) is 6.03. The van der Waals surface area contributed by atoms with E-state index in [4.69, 9.17) is 0 Å². The molecular weight excluding hydrogens is 188 g/mol. The number of hydrogen-bond acceptors (Lipinski definition) is 2. The van der Waals surface area contributed by atoms with Crippen molar-refractivity contribution in [1.29, 1.82) is 0 Å². The monoisotopic (exact) mass is 212 g/mol. The van der Waals surface area contributed by atoms with E-state index in [2.05, 4.69) is 33.0 Å². The summed E-state index contributed by atoms with van der Waals surface area (Å²) in [5.41, 5.74) is -0.338. The Bertz CT molecular complexity index is 240. The predicted octanol–water partition coefficient (Wildman–Crippen LogP) is 1.98. The molecule has 1 heterocycles. The summed E-state index contributed by atoms with van der Waals surface area (Å²) in [6.45, 7) is 11.4. The molecule has 1 fully saturated rings. The Morgan fingerprint density at radius 2 is 2.07 bits per heavy atom. The summed E-state index contributed by atoms with van der Waals surface area (Å²) in [4.78, 5) is 14.2.